The molecule has 3 rings (SSSR count). The van der Waals surface area contributed by atoms with Crippen LogP contribution in [0.4, 0.5) is 5.82 Å². The predicted molar refractivity (Wildman–Crippen MR) is 96.8 cm³/mol. The summed E-state index contributed by atoms with van der Waals surface area (Å²) in [7, 11) is 0. The van der Waals surface area contributed by atoms with Gasteiger partial charge in [-0.25, -0.2) is 4.98 Å². The molecule has 2 aliphatic rings. The molecule has 1 saturated heterocycles. The summed E-state index contributed by atoms with van der Waals surface area (Å²) < 4.78 is 0. The lowest BCUT2D eigenvalue weighted by Crippen LogP contribution is -2.44. The summed E-state index contributed by atoms with van der Waals surface area (Å²) in [5.41, 5.74) is 7.14. The van der Waals surface area contributed by atoms with Crippen LogP contribution in [0.15, 0.2) is 18.3 Å². The van der Waals surface area contributed by atoms with Crippen LogP contribution < -0.4 is 11.1 Å². The van der Waals surface area contributed by atoms with Crippen LogP contribution in [0, 0.1) is 18.8 Å². The highest BCUT2D eigenvalue weighted by Crippen LogP contribution is 2.28. The molecule has 2 amide bonds. The number of likely N-dealkylation sites (tertiary alicyclic amines) is 1. The zero-order valence-electron chi connectivity index (χ0n) is 14.9. The van der Waals surface area contributed by atoms with Crippen molar-refractivity contribution in [3.05, 3.63) is 23.9 Å². The maximum absolute atomic E-state index is 12.6. The van der Waals surface area contributed by atoms with Crippen molar-refractivity contribution in [2.45, 2.75) is 51.5 Å². The highest BCUT2D eigenvalue weighted by Gasteiger charge is 2.32. The number of nitrogens with one attached hydrogen (secondary N) is 1. The van der Waals surface area contributed by atoms with Crippen LogP contribution in [0.5, 0.6) is 0 Å². The van der Waals surface area contributed by atoms with E-state index in [0.29, 0.717) is 24.7 Å². The van der Waals surface area contributed by atoms with Crippen molar-refractivity contribution in [2.75, 3.05) is 18.4 Å². The largest absolute Gasteiger partial charge is 0.342 e. The first-order chi connectivity index (χ1) is 12.0. The second kappa shape index (κ2) is 7.95. The average molecular weight is 344 g/mol. The molecule has 6 heteroatoms. The molecule has 1 aromatic heterocycles. The molecule has 2 fully saturated rings. The normalized spacial score (nSPS) is 26.5. The van der Waals surface area contributed by atoms with Gasteiger partial charge < -0.3 is 16.0 Å². The Morgan fingerprint density at radius 3 is 2.80 bits per heavy atom. The third-order valence-corrected chi connectivity index (χ3v) is 5.46. The molecule has 0 bridgehead atoms. The number of nitrogens with two attached hydrogens (primary N) is 1. The van der Waals surface area contributed by atoms with E-state index in [1.807, 2.05) is 17.9 Å². The quantitative estimate of drug-likeness (QED) is 0.875. The van der Waals surface area contributed by atoms with Crippen LogP contribution >= 0.6 is 0 Å². The SMILES string of the molecule is Cc1ccc(NC(=O)C2CCCN(C(=O)C[C@@H]3CCC[C@H]3N)C2)nc1. The molecule has 1 unspecified atom stereocenters. The lowest BCUT2D eigenvalue weighted by molar-refractivity contribution is -0.135. The van der Waals surface area contributed by atoms with E-state index >= 15 is 0 Å². The van der Waals surface area contributed by atoms with Gasteiger partial charge in [0.05, 0.1) is 5.92 Å². The van der Waals surface area contributed by atoms with Gasteiger partial charge >= 0.3 is 0 Å². The summed E-state index contributed by atoms with van der Waals surface area (Å²) in [5, 5.41) is 2.87. The molecule has 3 N–H and O–H groups in total. The van der Waals surface area contributed by atoms with Crippen molar-refractivity contribution in [3.63, 3.8) is 0 Å². The van der Waals surface area contributed by atoms with Crippen LogP contribution in [-0.2, 0) is 9.59 Å². The smallest absolute Gasteiger partial charge is 0.230 e. The maximum atomic E-state index is 12.6. The minimum atomic E-state index is -0.168. The van der Waals surface area contributed by atoms with E-state index in [0.717, 1.165) is 44.2 Å². The summed E-state index contributed by atoms with van der Waals surface area (Å²) in [6.45, 7) is 3.20. The number of pyridine rings is 1. The summed E-state index contributed by atoms with van der Waals surface area (Å²) >= 11 is 0. The fourth-order valence-electron chi connectivity index (χ4n) is 3.86. The van der Waals surface area contributed by atoms with Crippen molar-refractivity contribution in [1.29, 1.82) is 0 Å². The molecule has 136 valence electrons. The molecule has 0 spiro atoms. The Kier molecular flexibility index (Phi) is 5.68. The monoisotopic (exact) mass is 344 g/mol. The zero-order valence-corrected chi connectivity index (χ0v) is 14.9. The number of piperidine rings is 1. The Morgan fingerprint density at radius 1 is 1.28 bits per heavy atom. The van der Waals surface area contributed by atoms with Crippen LogP contribution in [0.25, 0.3) is 0 Å². The van der Waals surface area contributed by atoms with Crippen molar-refractivity contribution in [3.8, 4) is 0 Å². The van der Waals surface area contributed by atoms with Gasteiger partial charge in [0.1, 0.15) is 5.82 Å². The van der Waals surface area contributed by atoms with E-state index in [1.54, 1.807) is 12.3 Å². The number of amides is 2. The summed E-state index contributed by atoms with van der Waals surface area (Å²) in [5.74, 6) is 0.798. The molecule has 0 radical (unpaired) electrons. The summed E-state index contributed by atoms with van der Waals surface area (Å²) in [4.78, 5) is 31.2. The van der Waals surface area contributed by atoms with Crippen molar-refractivity contribution in [1.82, 2.24) is 9.88 Å². The van der Waals surface area contributed by atoms with Gasteiger partial charge in [-0.3, -0.25) is 9.59 Å². The predicted octanol–water partition coefficient (Wildman–Crippen LogP) is 2.08. The third-order valence-electron chi connectivity index (χ3n) is 5.46. The molecule has 3 atom stereocenters. The van der Waals surface area contributed by atoms with Crippen LogP contribution in [-0.4, -0.2) is 40.8 Å². The minimum Gasteiger partial charge on any atom is -0.342 e. The average Bonchev–Trinajstić information content (AvgIpc) is 3.02. The van der Waals surface area contributed by atoms with Gasteiger partial charge in [-0.2, -0.15) is 0 Å². The highest BCUT2D eigenvalue weighted by molar-refractivity contribution is 5.92. The fraction of sp³-hybridized carbons (Fsp3) is 0.632. The number of aryl methyl sites for hydroxylation is 1. The molecule has 2 heterocycles. The Bertz CT molecular complexity index is 616. The van der Waals surface area contributed by atoms with Gasteiger partial charge in [0, 0.05) is 31.7 Å². The zero-order chi connectivity index (χ0) is 17.8. The number of nitrogens with zero attached hydrogens (tertiary/aromatic N) is 2. The van der Waals surface area contributed by atoms with Gasteiger partial charge in [0.25, 0.3) is 0 Å². The van der Waals surface area contributed by atoms with E-state index in [1.165, 1.54) is 0 Å². The lowest BCUT2D eigenvalue weighted by Gasteiger charge is -2.33. The number of rotatable bonds is 4. The molecule has 1 aromatic rings. The standard InChI is InChI=1S/C19H28N4O2/c1-13-7-8-17(21-11-13)22-19(25)15-5-3-9-23(12-15)18(24)10-14-4-2-6-16(14)20/h7-8,11,14-16H,2-6,9-10,12,20H2,1H3,(H,21,22,25)/t14-,15?,16+/m0/s1. The Labute approximate surface area is 149 Å². The van der Waals surface area contributed by atoms with Crippen LogP contribution in [0.1, 0.15) is 44.1 Å². The second-order valence-electron chi connectivity index (χ2n) is 7.45. The molecular weight excluding hydrogens is 316 g/mol. The number of aromatic nitrogens is 1. The number of carbonyl (C=O) groups is 2. The molecule has 0 aromatic carbocycles. The molecule has 1 aliphatic carbocycles. The summed E-state index contributed by atoms with van der Waals surface area (Å²) in [6.07, 6.45) is 7.11. The van der Waals surface area contributed by atoms with E-state index < -0.39 is 0 Å². The molecule has 1 aliphatic heterocycles. The minimum absolute atomic E-state index is 0.0496. The number of hydrogen-bond acceptors (Lipinski definition) is 4. The first-order valence-electron chi connectivity index (χ1n) is 9.30. The van der Waals surface area contributed by atoms with Crippen molar-refractivity contribution < 1.29 is 9.59 Å². The van der Waals surface area contributed by atoms with Gasteiger partial charge in [-0.1, -0.05) is 12.5 Å². The van der Waals surface area contributed by atoms with Crippen LogP contribution in [0.3, 0.4) is 0 Å². The number of anilines is 1. The Hall–Kier alpha value is -1.95. The fourth-order valence-corrected chi connectivity index (χ4v) is 3.86. The van der Waals surface area contributed by atoms with Crippen molar-refractivity contribution >= 4 is 17.6 Å². The topological polar surface area (TPSA) is 88.3 Å². The first-order valence-corrected chi connectivity index (χ1v) is 9.30. The highest BCUT2D eigenvalue weighted by atomic mass is 16.2. The molecule has 25 heavy (non-hydrogen) atoms. The van der Waals surface area contributed by atoms with E-state index in [9.17, 15) is 9.59 Å². The first kappa shape index (κ1) is 17.9. The second-order valence-corrected chi connectivity index (χ2v) is 7.45. The van der Waals surface area contributed by atoms with Crippen molar-refractivity contribution in [2.24, 2.45) is 17.6 Å². The lowest BCUT2D eigenvalue weighted by atomic mass is 9.94. The summed E-state index contributed by atoms with van der Waals surface area (Å²) in [6, 6.07) is 3.88. The van der Waals surface area contributed by atoms with Gasteiger partial charge in [0.2, 0.25) is 11.8 Å². The maximum Gasteiger partial charge on any atom is 0.230 e. The molecule has 1 saturated carbocycles. The van der Waals surface area contributed by atoms with Gasteiger partial charge in [0.15, 0.2) is 0 Å². The Morgan fingerprint density at radius 2 is 2.12 bits per heavy atom. The van der Waals surface area contributed by atoms with E-state index in [4.69, 9.17) is 5.73 Å². The molecule has 6 nitrogen and oxygen atoms in total. The van der Waals surface area contributed by atoms with Gasteiger partial charge in [-0.05, 0) is 50.2 Å². The van der Waals surface area contributed by atoms with Gasteiger partial charge in [-0.15, -0.1) is 0 Å². The molecular formula is C19H28N4O2. The number of hydrogen-bond donors (Lipinski definition) is 2. The van der Waals surface area contributed by atoms with Crippen LogP contribution in [0.2, 0.25) is 0 Å². The van der Waals surface area contributed by atoms with E-state index in [2.05, 4.69) is 10.3 Å². The number of carbonyl (C=O) groups excluding carboxylic acids is 2. The third kappa shape index (κ3) is 4.57. The Balaban J connectivity index is 1.53. The van der Waals surface area contributed by atoms with E-state index in [-0.39, 0.29) is 23.8 Å².